The van der Waals surface area contributed by atoms with Gasteiger partial charge in [-0.15, -0.1) is 0 Å². The Bertz CT molecular complexity index is 926. The third-order valence-electron chi connectivity index (χ3n) is 8.24. The van der Waals surface area contributed by atoms with Crippen LogP contribution in [0.4, 0.5) is 0 Å². The molecule has 198 valence electrons. The molecule has 2 atom stereocenters. The maximum Gasteiger partial charge on any atom is 0.125 e. The second-order valence-corrected chi connectivity index (χ2v) is 11.2. The quantitative estimate of drug-likeness (QED) is 0.459. The Balaban J connectivity index is 1.30. The molecule has 36 heavy (non-hydrogen) atoms. The summed E-state index contributed by atoms with van der Waals surface area (Å²) < 4.78 is 12.5. The van der Waals surface area contributed by atoms with Crippen molar-refractivity contribution < 1.29 is 9.47 Å². The van der Waals surface area contributed by atoms with E-state index in [0.29, 0.717) is 5.54 Å². The first-order valence-electron chi connectivity index (χ1n) is 14.0. The van der Waals surface area contributed by atoms with E-state index in [1.54, 1.807) is 0 Å². The van der Waals surface area contributed by atoms with Gasteiger partial charge in [0.15, 0.2) is 0 Å². The molecule has 2 aliphatic rings. The largest absolute Gasteiger partial charge is 0.486 e. The van der Waals surface area contributed by atoms with Crippen molar-refractivity contribution in [1.29, 1.82) is 0 Å². The Morgan fingerprint density at radius 1 is 1.03 bits per heavy atom. The molecule has 0 bridgehead atoms. The van der Waals surface area contributed by atoms with Crippen molar-refractivity contribution in [2.24, 2.45) is 0 Å². The maximum absolute atomic E-state index is 6.49. The van der Waals surface area contributed by atoms with E-state index in [-0.39, 0.29) is 11.7 Å². The van der Waals surface area contributed by atoms with Crippen LogP contribution in [-0.2, 0) is 11.2 Å². The van der Waals surface area contributed by atoms with E-state index in [1.807, 2.05) is 7.05 Å². The molecule has 2 aliphatic heterocycles. The number of rotatable bonds is 11. The predicted molar refractivity (Wildman–Crippen MR) is 149 cm³/mol. The fourth-order valence-corrected chi connectivity index (χ4v) is 6.15. The molecule has 5 heteroatoms. The van der Waals surface area contributed by atoms with Crippen LogP contribution >= 0.6 is 0 Å². The molecule has 2 saturated heterocycles. The van der Waals surface area contributed by atoms with E-state index >= 15 is 0 Å². The van der Waals surface area contributed by atoms with Crippen molar-refractivity contribution in [3.63, 3.8) is 0 Å². The number of hydrogen-bond acceptors (Lipinski definition) is 5. The molecule has 0 radical (unpaired) electrons. The number of nitrogens with one attached hydrogen (secondary N) is 1. The molecule has 2 heterocycles. The molecule has 4 rings (SSSR count). The van der Waals surface area contributed by atoms with Crippen LogP contribution in [-0.4, -0.2) is 73.9 Å². The predicted octanol–water partition coefficient (Wildman–Crippen LogP) is 5.31. The molecular formula is C31H47N3O2. The molecule has 0 aromatic heterocycles. The van der Waals surface area contributed by atoms with Crippen LogP contribution in [0, 0.1) is 0 Å². The second-order valence-electron chi connectivity index (χ2n) is 11.2. The van der Waals surface area contributed by atoms with Crippen LogP contribution in [0.2, 0.25) is 0 Å². The van der Waals surface area contributed by atoms with Crippen molar-refractivity contribution in [1.82, 2.24) is 15.1 Å². The molecule has 1 N–H and O–H groups in total. The molecule has 0 spiro atoms. The molecule has 2 fully saturated rings. The van der Waals surface area contributed by atoms with Crippen LogP contribution in [0.25, 0.3) is 0 Å². The Kier molecular flexibility index (Phi) is 9.46. The highest BCUT2D eigenvalue weighted by Crippen LogP contribution is 2.39. The molecule has 2 aromatic carbocycles. The number of ether oxygens (including phenoxy) is 2. The number of piperazine rings is 1. The number of hydrogen-bond donors (Lipinski definition) is 1. The van der Waals surface area contributed by atoms with Gasteiger partial charge in [0.25, 0.3) is 0 Å². The summed E-state index contributed by atoms with van der Waals surface area (Å²) >= 11 is 0. The fourth-order valence-electron chi connectivity index (χ4n) is 6.15. The fraction of sp³-hybridized carbons (Fsp3) is 0.613. The van der Waals surface area contributed by atoms with Crippen LogP contribution in [0.3, 0.4) is 0 Å². The van der Waals surface area contributed by atoms with E-state index in [4.69, 9.17) is 9.47 Å². The topological polar surface area (TPSA) is 37.0 Å². The maximum atomic E-state index is 6.49. The van der Waals surface area contributed by atoms with E-state index in [0.717, 1.165) is 77.3 Å². The van der Waals surface area contributed by atoms with E-state index < -0.39 is 0 Å². The lowest BCUT2D eigenvalue weighted by atomic mass is 9.77. The van der Waals surface area contributed by atoms with Crippen LogP contribution < -0.4 is 10.1 Å². The molecule has 1 unspecified atom stereocenters. The van der Waals surface area contributed by atoms with Gasteiger partial charge in [0.05, 0.1) is 5.60 Å². The first kappa shape index (κ1) is 27.1. The highest BCUT2D eigenvalue weighted by atomic mass is 16.5. The Morgan fingerprint density at radius 3 is 2.50 bits per heavy atom. The van der Waals surface area contributed by atoms with E-state index in [9.17, 15) is 0 Å². The average molecular weight is 494 g/mol. The first-order valence-corrected chi connectivity index (χ1v) is 14.0. The highest BCUT2D eigenvalue weighted by Gasteiger charge is 2.44. The van der Waals surface area contributed by atoms with Gasteiger partial charge < -0.3 is 19.7 Å². The Hall–Kier alpha value is -1.92. The average Bonchev–Trinajstić information content (AvgIpc) is 2.90. The minimum atomic E-state index is -0.00888. The van der Waals surface area contributed by atoms with Crippen LogP contribution in [0.15, 0.2) is 54.6 Å². The van der Waals surface area contributed by atoms with Crippen molar-refractivity contribution in [2.45, 2.75) is 70.1 Å². The van der Waals surface area contributed by atoms with E-state index in [2.05, 4.69) is 90.5 Å². The zero-order valence-electron chi connectivity index (χ0n) is 23.0. The molecule has 5 nitrogen and oxygen atoms in total. The SMILES string of the molecule is CC[C@]1(N2CCN(CCc3cccc(OC(CCNC)c4ccccc4)c3)CC2)CCOC(C)(C)C1. The third-order valence-corrected chi connectivity index (χ3v) is 8.24. The summed E-state index contributed by atoms with van der Waals surface area (Å²) in [5, 5.41) is 3.26. The summed E-state index contributed by atoms with van der Waals surface area (Å²) in [4.78, 5) is 5.41. The van der Waals surface area contributed by atoms with Gasteiger partial charge in [0, 0.05) is 51.3 Å². The molecule has 0 saturated carbocycles. The standard InChI is InChI=1S/C31H47N3O2/c1-5-31(16-23-35-30(2,3)25-31)34-21-19-33(20-22-34)18-15-26-10-9-13-28(24-26)36-29(14-17-32-4)27-11-7-6-8-12-27/h6-13,24,29,32H,5,14-23,25H2,1-4H3/t29?,31-/m0/s1. The van der Waals surface area contributed by atoms with Gasteiger partial charge in [-0.25, -0.2) is 0 Å². The number of nitrogens with zero attached hydrogens (tertiary/aromatic N) is 2. The molecular weight excluding hydrogens is 446 g/mol. The van der Waals surface area contributed by atoms with Gasteiger partial charge in [0.1, 0.15) is 11.9 Å². The molecule has 2 aromatic rings. The first-order chi connectivity index (χ1) is 17.4. The van der Waals surface area contributed by atoms with Gasteiger partial charge in [-0.1, -0.05) is 49.4 Å². The van der Waals surface area contributed by atoms with Gasteiger partial charge in [-0.2, -0.15) is 0 Å². The summed E-state index contributed by atoms with van der Waals surface area (Å²) in [5.74, 6) is 0.967. The van der Waals surface area contributed by atoms with Crippen molar-refractivity contribution in [2.75, 3.05) is 52.9 Å². The lowest BCUT2D eigenvalue weighted by Gasteiger charge is -2.53. The zero-order chi connectivity index (χ0) is 25.4. The van der Waals surface area contributed by atoms with Gasteiger partial charge in [0.2, 0.25) is 0 Å². The monoisotopic (exact) mass is 493 g/mol. The summed E-state index contributed by atoms with van der Waals surface area (Å²) in [5.41, 5.74) is 2.88. The highest BCUT2D eigenvalue weighted by molar-refractivity contribution is 5.30. The molecule has 0 aliphatic carbocycles. The van der Waals surface area contributed by atoms with E-state index in [1.165, 1.54) is 17.5 Å². The second kappa shape index (κ2) is 12.6. The summed E-state index contributed by atoms with van der Waals surface area (Å²) in [6.07, 6.45) is 5.58. The normalized spacial score (nSPS) is 23.9. The number of benzene rings is 2. The minimum absolute atomic E-state index is 0.00888. The lowest BCUT2D eigenvalue weighted by Crippen LogP contribution is -2.61. The van der Waals surface area contributed by atoms with Crippen LogP contribution in [0.5, 0.6) is 5.75 Å². The van der Waals surface area contributed by atoms with Crippen LogP contribution in [0.1, 0.15) is 63.7 Å². The van der Waals surface area contributed by atoms with Crippen molar-refractivity contribution >= 4 is 0 Å². The zero-order valence-corrected chi connectivity index (χ0v) is 23.0. The summed E-state index contributed by atoms with van der Waals surface area (Å²) in [6, 6.07) is 19.3. The lowest BCUT2D eigenvalue weighted by molar-refractivity contribution is -0.128. The van der Waals surface area contributed by atoms with Gasteiger partial charge >= 0.3 is 0 Å². The van der Waals surface area contributed by atoms with Gasteiger partial charge in [-0.05, 0) is 76.4 Å². The smallest absolute Gasteiger partial charge is 0.125 e. The molecule has 0 amide bonds. The van der Waals surface area contributed by atoms with Gasteiger partial charge in [-0.3, -0.25) is 4.90 Å². The van der Waals surface area contributed by atoms with Crippen molar-refractivity contribution in [3.8, 4) is 5.75 Å². The Morgan fingerprint density at radius 2 is 1.81 bits per heavy atom. The minimum Gasteiger partial charge on any atom is -0.486 e. The summed E-state index contributed by atoms with van der Waals surface area (Å²) in [6.45, 7) is 14.4. The van der Waals surface area contributed by atoms with Crippen molar-refractivity contribution in [3.05, 3.63) is 65.7 Å². The Labute approximate surface area is 219 Å². The third kappa shape index (κ3) is 7.10. The summed E-state index contributed by atoms with van der Waals surface area (Å²) in [7, 11) is 1.99.